The maximum Gasteiger partial charge on any atom is 1.00 e. The van der Waals surface area contributed by atoms with Crippen molar-refractivity contribution in [2.45, 2.75) is 51.9 Å². The first-order chi connectivity index (χ1) is 9.93. The summed E-state index contributed by atoms with van der Waals surface area (Å²) < 4.78 is 14.5. The number of ether oxygens (including phenoxy) is 1. The van der Waals surface area contributed by atoms with E-state index in [0.717, 1.165) is 12.4 Å². The average Bonchev–Trinajstić information content (AvgIpc) is 2.41. The van der Waals surface area contributed by atoms with E-state index in [1.165, 1.54) is 44.9 Å². The van der Waals surface area contributed by atoms with E-state index in [9.17, 15) is 0 Å². The number of rotatable bonds is 9. The second-order valence-electron chi connectivity index (χ2n) is 4.80. The number of hydrogen-bond acceptors (Lipinski definition) is 2. The molecule has 0 radical (unpaired) electrons. The van der Waals surface area contributed by atoms with Gasteiger partial charge in [-0.15, -0.1) is 0 Å². The zero-order valence-electron chi connectivity index (χ0n) is 14.6. The molecule has 0 aromatic heterocycles. The predicted octanol–water partition coefficient (Wildman–Crippen LogP) is 1.00. The van der Waals surface area contributed by atoms with E-state index in [4.69, 9.17) is 24.0 Å². The van der Waals surface area contributed by atoms with Crippen LogP contribution in [0.25, 0.3) is 0 Å². The third-order valence-corrected chi connectivity index (χ3v) is 2.76. The number of para-hydroxylation sites is 1. The van der Waals surface area contributed by atoms with Crippen molar-refractivity contribution >= 4 is 7.82 Å². The predicted molar refractivity (Wildman–Crippen MR) is 85.3 cm³/mol. The van der Waals surface area contributed by atoms with E-state index in [1.807, 2.05) is 30.3 Å². The van der Waals surface area contributed by atoms with Crippen molar-refractivity contribution in [3.8, 4) is 5.75 Å². The Kier molecular flexibility index (Phi) is 17.7. The van der Waals surface area contributed by atoms with E-state index in [0.29, 0.717) is 0 Å². The van der Waals surface area contributed by atoms with Gasteiger partial charge in [0.05, 0.1) is 6.61 Å². The third kappa shape index (κ3) is 22.4. The zero-order chi connectivity index (χ0) is 16.0. The minimum Gasteiger partial charge on any atom is -1.00 e. The summed E-state index contributed by atoms with van der Waals surface area (Å²) in [4.78, 5) is 21.6. The number of hydrogen-bond donors (Lipinski definition) is 3. The Morgan fingerprint density at radius 2 is 1.41 bits per heavy atom. The van der Waals surface area contributed by atoms with Gasteiger partial charge in [0.25, 0.3) is 0 Å². The molecule has 0 aliphatic heterocycles. The van der Waals surface area contributed by atoms with Gasteiger partial charge in [-0.3, -0.25) is 0 Å². The van der Waals surface area contributed by atoms with E-state index in [1.54, 1.807) is 0 Å². The minimum absolute atomic E-state index is 0. The molecule has 0 fully saturated rings. The topological polar surface area (TPSA) is 87.0 Å². The standard InChI is InChI=1S/C15H24O.Na.H3O4P.H/c1-2-3-4-5-6-7-11-14-16-15-12-9-8-10-13-15;;1-5(2,3)4;/h8-10,12-13H,2-7,11,14H2,1H3;;(H3,1,2,3,4);/q;+1;;-1. The van der Waals surface area contributed by atoms with Crippen LogP contribution < -0.4 is 34.3 Å². The van der Waals surface area contributed by atoms with Crippen LogP contribution in [0.3, 0.4) is 0 Å². The normalized spacial score (nSPS) is 10.2. The van der Waals surface area contributed by atoms with Crippen molar-refractivity contribution in [1.29, 1.82) is 0 Å². The first-order valence-electron chi connectivity index (χ1n) is 7.39. The third-order valence-electron chi connectivity index (χ3n) is 2.76. The molecule has 1 aromatic carbocycles. The summed E-state index contributed by atoms with van der Waals surface area (Å²) in [6, 6.07) is 10.1. The molecule has 0 spiro atoms. The summed E-state index contributed by atoms with van der Waals surface area (Å²) in [7, 11) is -4.64. The summed E-state index contributed by atoms with van der Waals surface area (Å²) in [5.74, 6) is 0.994. The van der Waals surface area contributed by atoms with E-state index < -0.39 is 7.82 Å². The van der Waals surface area contributed by atoms with Crippen LogP contribution >= 0.6 is 7.82 Å². The summed E-state index contributed by atoms with van der Waals surface area (Å²) in [5, 5.41) is 0. The Bertz CT molecular complexity index is 380. The molecule has 0 heterocycles. The number of unbranched alkanes of at least 4 members (excludes halogenated alkanes) is 6. The van der Waals surface area contributed by atoms with E-state index in [-0.39, 0.29) is 31.0 Å². The Morgan fingerprint density at radius 1 is 0.955 bits per heavy atom. The second kappa shape index (κ2) is 16.0. The molecular formula is C15H28NaO5P. The molecule has 0 aliphatic rings. The van der Waals surface area contributed by atoms with E-state index >= 15 is 0 Å². The molecule has 0 saturated carbocycles. The summed E-state index contributed by atoms with van der Waals surface area (Å²) in [6.45, 7) is 3.12. The Morgan fingerprint density at radius 3 is 1.91 bits per heavy atom. The van der Waals surface area contributed by atoms with Crippen LogP contribution in [0.1, 0.15) is 53.3 Å². The molecule has 0 saturated heterocycles. The van der Waals surface area contributed by atoms with Crippen molar-refractivity contribution in [3.05, 3.63) is 30.3 Å². The van der Waals surface area contributed by atoms with Crippen molar-refractivity contribution in [2.75, 3.05) is 6.61 Å². The fourth-order valence-corrected chi connectivity index (χ4v) is 1.77. The molecule has 22 heavy (non-hydrogen) atoms. The Hall–Kier alpha value is 0.130. The summed E-state index contributed by atoms with van der Waals surface area (Å²) in [6.07, 6.45) is 9.35. The Labute approximate surface area is 157 Å². The molecule has 0 aliphatic carbocycles. The molecular weight excluding hydrogens is 314 g/mol. The number of phosphoric acid groups is 1. The van der Waals surface area contributed by atoms with Gasteiger partial charge in [0.15, 0.2) is 0 Å². The van der Waals surface area contributed by atoms with Crippen LogP contribution in [0.5, 0.6) is 5.75 Å². The largest absolute Gasteiger partial charge is 1.00 e. The maximum atomic E-state index is 8.88. The van der Waals surface area contributed by atoms with Crippen LogP contribution in [-0.2, 0) is 4.57 Å². The molecule has 124 valence electrons. The average molecular weight is 342 g/mol. The maximum absolute atomic E-state index is 8.88. The van der Waals surface area contributed by atoms with Gasteiger partial charge >= 0.3 is 37.4 Å². The van der Waals surface area contributed by atoms with Crippen LogP contribution in [0.15, 0.2) is 30.3 Å². The van der Waals surface area contributed by atoms with Crippen molar-refractivity contribution in [1.82, 2.24) is 0 Å². The first-order valence-corrected chi connectivity index (χ1v) is 8.96. The molecule has 0 unspecified atom stereocenters. The van der Waals surface area contributed by atoms with Gasteiger partial charge in [0, 0.05) is 0 Å². The van der Waals surface area contributed by atoms with Crippen molar-refractivity contribution < 1.29 is 55.0 Å². The summed E-state index contributed by atoms with van der Waals surface area (Å²) >= 11 is 0. The Balaban J connectivity index is -0.000000502. The molecule has 7 heteroatoms. The second-order valence-corrected chi connectivity index (χ2v) is 5.82. The molecule has 1 rings (SSSR count). The smallest absolute Gasteiger partial charge is 1.00 e. The molecule has 0 amide bonds. The van der Waals surface area contributed by atoms with Crippen LogP contribution in [0, 0.1) is 0 Å². The fraction of sp³-hybridized carbons (Fsp3) is 0.600. The van der Waals surface area contributed by atoms with Gasteiger partial charge in [0.1, 0.15) is 5.75 Å². The molecule has 0 atom stereocenters. The molecule has 3 N–H and O–H groups in total. The van der Waals surface area contributed by atoms with Crippen LogP contribution in [0.4, 0.5) is 0 Å². The van der Waals surface area contributed by atoms with Gasteiger partial charge in [-0.1, -0.05) is 63.6 Å². The van der Waals surface area contributed by atoms with Gasteiger partial charge < -0.3 is 20.8 Å². The quantitative estimate of drug-likeness (QED) is 0.354. The van der Waals surface area contributed by atoms with Crippen LogP contribution in [-0.4, -0.2) is 21.3 Å². The monoisotopic (exact) mass is 342 g/mol. The molecule has 0 bridgehead atoms. The minimum atomic E-state index is -4.64. The van der Waals surface area contributed by atoms with Crippen LogP contribution in [0.2, 0.25) is 0 Å². The zero-order valence-corrected chi connectivity index (χ0v) is 16.5. The first kappa shape index (κ1) is 24.4. The van der Waals surface area contributed by atoms with Gasteiger partial charge in [-0.25, -0.2) is 4.57 Å². The molecule has 1 aromatic rings. The van der Waals surface area contributed by atoms with E-state index in [2.05, 4.69) is 6.92 Å². The fourth-order valence-electron chi connectivity index (χ4n) is 1.77. The van der Waals surface area contributed by atoms with Gasteiger partial charge in [-0.2, -0.15) is 0 Å². The number of benzene rings is 1. The summed E-state index contributed by atoms with van der Waals surface area (Å²) in [5.41, 5.74) is 0. The van der Waals surface area contributed by atoms with Crippen molar-refractivity contribution in [3.63, 3.8) is 0 Å². The van der Waals surface area contributed by atoms with Gasteiger partial charge in [0.2, 0.25) is 0 Å². The van der Waals surface area contributed by atoms with Crippen molar-refractivity contribution in [2.24, 2.45) is 0 Å². The molecule has 5 nitrogen and oxygen atoms in total. The van der Waals surface area contributed by atoms with Gasteiger partial charge in [-0.05, 0) is 18.6 Å². The SMILES string of the molecule is CCCCCCCCCOc1ccccc1.O=P(O)(O)O.[H-].[Na+].